The molecule has 2 aromatic rings. The first-order valence-corrected chi connectivity index (χ1v) is 11.0. The molecule has 0 aliphatic heterocycles. The molecule has 0 amide bonds. The first-order valence-electron chi connectivity index (χ1n) is 11.0. The van der Waals surface area contributed by atoms with Gasteiger partial charge in [-0.05, 0) is 50.5 Å². The Balaban J connectivity index is 0.000000343. The minimum Gasteiger partial charge on any atom is -0.509 e. The molecule has 0 saturated carbocycles. The average Bonchev–Trinajstić information content (AvgIpc) is 2.76. The summed E-state index contributed by atoms with van der Waals surface area (Å²) in [6, 6.07) is 11.3. The van der Waals surface area contributed by atoms with Crippen molar-refractivity contribution >= 4 is 5.71 Å². The lowest BCUT2D eigenvalue weighted by Gasteiger charge is -2.15. The highest BCUT2D eigenvalue weighted by molar-refractivity contribution is 6.01. The Morgan fingerprint density at radius 1 is 1.00 bits per heavy atom. The van der Waals surface area contributed by atoms with E-state index < -0.39 is 0 Å². The van der Waals surface area contributed by atoms with Gasteiger partial charge >= 0.3 is 0 Å². The zero-order chi connectivity index (χ0) is 23.2. The number of phenolic OH excluding ortho intramolecular Hbond substituents is 1. The molecule has 170 valence electrons. The third-order valence-electron chi connectivity index (χ3n) is 4.60. The maximum Gasteiger partial charge on any atom is 0.144 e. The van der Waals surface area contributed by atoms with Crippen LogP contribution < -0.4 is 9.47 Å². The standard InChI is InChI=1S/C16H25NO2.C10H12O2/c1-4-7-11-19-15-10-9-12(14(17)6-3)16(18)13(15)8-5-2;1-8-3-5-10(6-4-8)12-7-9(2)11/h9-10,17-18H,4-8,11H2,1-3H3;3-6,11H,2,7H2,1H3. The molecule has 5 nitrogen and oxygen atoms in total. The van der Waals surface area contributed by atoms with Gasteiger partial charge in [0.15, 0.2) is 0 Å². The lowest BCUT2D eigenvalue weighted by molar-refractivity contribution is 0.272. The molecule has 0 aromatic heterocycles. The maximum absolute atomic E-state index is 10.3. The van der Waals surface area contributed by atoms with Gasteiger partial charge in [0.05, 0.1) is 6.61 Å². The van der Waals surface area contributed by atoms with E-state index in [2.05, 4.69) is 20.4 Å². The van der Waals surface area contributed by atoms with Crippen molar-refractivity contribution in [3.63, 3.8) is 0 Å². The van der Waals surface area contributed by atoms with E-state index in [4.69, 9.17) is 20.0 Å². The number of aliphatic hydroxyl groups excluding tert-OH is 1. The molecular formula is C26H37NO4. The van der Waals surface area contributed by atoms with Crippen LogP contribution in [0.1, 0.15) is 63.1 Å². The van der Waals surface area contributed by atoms with E-state index in [-0.39, 0.29) is 18.1 Å². The van der Waals surface area contributed by atoms with E-state index in [1.54, 1.807) is 6.07 Å². The van der Waals surface area contributed by atoms with Crippen molar-refractivity contribution in [2.45, 2.75) is 59.8 Å². The van der Waals surface area contributed by atoms with Gasteiger partial charge in [0.1, 0.15) is 29.6 Å². The van der Waals surface area contributed by atoms with Crippen LogP contribution in [0.2, 0.25) is 0 Å². The largest absolute Gasteiger partial charge is 0.509 e. The summed E-state index contributed by atoms with van der Waals surface area (Å²) < 4.78 is 10.9. The molecular weight excluding hydrogens is 390 g/mol. The average molecular weight is 428 g/mol. The quantitative estimate of drug-likeness (QED) is 0.210. The van der Waals surface area contributed by atoms with Gasteiger partial charge in [-0.3, -0.25) is 0 Å². The van der Waals surface area contributed by atoms with Crippen LogP contribution in [0.4, 0.5) is 0 Å². The Morgan fingerprint density at radius 2 is 1.68 bits per heavy atom. The smallest absolute Gasteiger partial charge is 0.144 e. The van der Waals surface area contributed by atoms with Crippen molar-refractivity contribution in [2.24, 2.45) is 0 Å². The molecule has 0 fully saturated rings. The van der Waals surface area contributed by atoms with Crippen molar-refractivity contribution in [1.29, 1.82) is 5.41 Å². The lowest BCUT2D eigenvalue weighted by atomic mass is 9.99. The second kappa shape index (κ2) is 14.1. The minimum atomic E-state index is 0.0376. The molecule has 0 spiro atoms. The van der Waals surface area contributed by atoms with E-state index in [9.17, 15) is 5.11 Å². The number of phenols is 1. The SMILES string of the molecule is C=C(O)COc1ccc(C)cc1.CCCCOc1ccc(C(=N)CC)c(O)c1CCC. The van der Waals surface area contributed by atoms with Crippen LogP contribution in [0.5, 0.6) is 17.2 Å². The van der Waals surface area contributed by atoms with E-state index in [0.29, 0.717) is 24.3 Å². The second-order valence-corrected chi connectivity index (χ2v) is 7.39. The van der Waals surface area contributed by atoms with Crippen LogP contribution in [0.25, 0.3) is 0 Å². The number of hydrogen-bond donors (Lipinski definition) is 3. The van der Waals surface area contributed by atoms with Gasteiger partial charge in [-0.2, -0.15) is 0 Å². The van der Waals surface area contributed by atoms with Crippen LogP contribution in [0.15, 0.2) is 48.7 Å². The number of rotatable bonds is 11. The van der Waals surface area contributed by atoms with Crippen molar-refractivity contribution < 1.29 is 19.7 Å². The van der Waals surface area contributed by atoms with Crippen molar-refractivity contribution in [3.8, 4) is 17.2 Å². The third-order valence-corrected chi connectivity index (χ3v) is 4.60. The molecule has 0 aliphatic rings. The predicted molar refractivity (Wildman–Crippen MR) is 128 cm³/mol. The number of aryl methyl sites for hydroxylation is 1. The molecule has 2 aromatic carbocycles. The van der Waals surface area contributed by atoms with Crippen LogP contribution >= 0.6 is 0 Å². The minimum absolute atomic E-state index is 0.0376. The summed E-state index contributed by atoms with van der Waals surface area (Å²) in [6.07, 6.45) is 4.44. The van der Waals surface area contributed by atoms with E-state index in [0.717, 1.165) is 42.7 Å². The van der Waals surface area contributed by atoms with Gasteiger partial charge in [-0.15, -0.1) is 0 Å². The van der Waals surface area contributed by atoms with Gasteiger partial charge in [0.2, 0.25) is 0 Å². The zero-order valence-corrected chi connectivity index (χ0v) is 19.3. The van der Waals surface area contributed by atoms with Crippen LogP contribution in [0.3, 0.4) is 0 Å². The zero-order valence-electron chi connectivity index (χ0n) is 19.3. The third kappa shape index (κ3) is 9.16. The lowest BCUT2D eigenvalue weighted by Crippen LogP contribution is -2.04. The Morgan fingerprint density at radius 3 is 2.23 bits per heavy atom. The number of benzene rings is 2. The molecule has 2 rings (SSSR count). The summed E-state index contributed by atoms with van der Waals surface area (Å²) in [5.41, 5.74) is 3.13. The number of aliphatic hydroxyl groups is 1. The number of nitrogens with one attached hydrogen (secondary N) is 1. The molecule has 0 unspecified atom stereocenters. The highest BCUT2D eigenvalue weighted by atomic mass is 16.5. The second-order valence-electron chi connectivity index (χ2n) is 7.39. The molecule has 0 heterocycles. The Hall–Kier alpha value is -2.95. The molecule has 0 bridgehead atoms. The fourth-order valence-corrected chi connectivity index (χ4v) is 2.81. The van der Waals surface area contributed by atoms with Gasteiger partial charge < -0.3 is 25.1 Å². The number of unbranched alkanes of at least 4 members (excludes halogenated alkanes) is 1. The van der Waals surface area contributed by atoms with Crippen LogP contribution in [0, 0.1) is 12.3 Å². The molecule has 5 heteroatoms. The molecule has 0 saturated heterocycles. The van der Waals surface area contributed by atoms with Crippen LogP contribution in [-0.4, -0.2) is 29.1 Å². The molecule has 0 radical (unpaired) electrons. The molecule has 0 aliphatic carbocycles. The summed E-state index contributed by atoms with van der Waals surface area (Å²) in [5, 5.41) is 27.0. The number of hydrogen-bond acceptors (Lipinski definition) is 5. The normalized spacial score (nSPS) is 10.1. The van der Waals surface area contributed by atoms with Crippen LogP contribution in [-0.2, 0) is 6.42 Å². The fraction of sp³-hybridized carbons (Fsp3) is 0.423. The van der Waals surface area contributed by atoms with Gasteiger partial charge in [0.25, 0.3) is 0 Å². The monoisotopic (exact) mass is 427 g/mol. The van der Waals surface area contributed by atoms with Gasteiger partial charge in [-0.1, -0.05) is 57.9 Å². The first kappa shape index (κ1) is 26.1. The highest BCUT2D eigenvalue weighted by Crippen LogP contribution is 2.33. The van der Waals surface area contributed by atoms with Gasteiger partial charge in [0, 0.05) is 16.8 Å². The molecule has 3 N–H and O–H groups in total. The number of aromatic hydroxyl groups is 1. The maximum atomic E-state index is 10.3. The summed E-state index contributed by atoms with van der Waals surface area (Å²) in [6.45, 7) is 12.3. The summed E-state index contributed by atoms with van der Waals surface area (Å²) in [4.78, 5) is 0. The predicted octanol–water partition coefficient (Wildman–Crippen LogP) is 6.75. The van der Waals surface area contributed by atoms with Crippen molar-refractivity contribution in [3.05, 3.63) is 65.4 Å². The number of ether oxygens (including phenoxy) is 2. The Kier molecular flexibility index (Phi) is 11.9. The van der Waals surface area contributed by atoms with E-state index >= 15 is 0 Å². The Labute approximate surface area is 186 Å². The van der Waals surface area contributed by atoms with Crippen molar-refractivity contribution in [2.75, 3.05) is 13.2 Å². The van der Waals surface area contributed by atoms with Crippen molar-refractivity contribution in [1.82, 2.24) is 0 Å². The van der Waals surface area contributed by atoms with Gasteiger partial charge in [-0.25, -0.2) is 0 Å². The molecule has 0 atom stereocenters. The fourth-order valence-electron chi connectivity index (χ4n) is 2.81. The summed E-state index contributed by atoms with van der Waals surface area (Å²) in [7, 11) is 0. The summed E-state index contributed by atoms with van der Waals surface area (Å²) in [5.74, 6) is 1.77. The Bertz CT molecular complexity index is 828. The molecule has 31 heavy (non-hydrogen) atoms. The van der Waals surface area contributed by atoms with E-state index in [1.807, 2.05) is 44.2 Å². The van der Waals surface area contributed by atoms with E-state index in [1.165, 1.54) is 5.56 Å². The topological polar surface area (TPSA) is 82.8 Å². The first-order chi connectivity index (χ1) is 14.8. The summed E-state index contributed by atoms with van der Waals surface area (Å²) >= 11 is 0. The highest BCUT2D eigenvalue weighted by Gasteiger charge is 2.15.